The van der Waals surface area contributed by atoms with Gasteiger partial charge in [0.1, 0.15) is 6.61 Å². The van der Waals surface area contributed by atoms with Crippen molar-refractivity contribution in [3.05, 3.63) is 72.7 Å². The molecule has 6 heteroatoms. The monoisotopic (exact) mass is 361 g/mol. The summed E-state index contributed by atoms with van der Waals surface area (Å²) in [5, 5.41) is 0. The Labute approximate surface area is 157 Å². The summed E-state index contributed by atoms with van der Waals surface area (Å²) in [6.07, 6.45) is 4.82. The van der Waals surface area contributed by atoms with E-state index >= 15 is 0 Å². The number of para-hydroxylation sites is 2. The fraction of sp³-hybridized carbons (Fsp3) is 0.190. The smallest absolute Gasteiger partial charge is 0.255 e. The largest absolute Gasteiger partial charge is 0.486 e. The van der Waals surface area contributed by atoms with Crippen LogP contribution < -0.4 is 9.47 Å². The van der Waals surface area contributed by atoms with Crippen LogP contribution in [0.2, 0.25) is 0 Å². The predicted molar refractivity (Wildman–Crippen MR) is 101 cm³/mol. The van der Waals surface area contributed by atoms with E-state index in [4.69, 9.17) is 9.47 Å². The molecule has 0 unspecified atom stereocenters. The van der Waals surface area contributed by atoms with Crippen LogP contribution in [0.5, 0.6) is 11.5 Å². The quantitative estimate of drug-likeness (QED) is 0.715. The minimum atomic E-state index is -0.210. The highest BCUT2D eigenvalue weighted by molar-refractivity contribution is 5.94. The molecule has 0 aliphatic carbocycles. The van der Waals surface area contributed by atoms with Crippen molar-refractivity contribution in [1.29, 1.82) is 0 Å². The second kappa shape index (κ2) is 7.45. The molecule has 1 amide bonds. The van der Waals surface area contributed by atoms with E-state index in [2.05, 4.69) is 9.97 Å². The lowest BCUT2D eigenvalue weighted by molar-refractivity contribution is 0.0520. The van der Waals surface area contributed by atoms with E-state index in [9.17, 15) is 4.79 Å². The van der Waals surface area contributed by atoms with Gasteiger partial charge in [-0.05, 0) is 36.4 Å². The standard InChI is InChI=1S/C21H19N3O3/c1-24(13-17-14-26-19-4-2-3-5-20(19)27-17)21(25)16-6-7-18(23-12-16)15-8-10-22-11-9-15/h2-12,17H,13-14H2,1H3/t17-/m1/s1. The van der Waals surface area contributed by atoms with Gasteiger partial charge < -0.3 is 14.4 Å². The molecule has 27 heavy (non-hydrogen) atoms. The number of ether oxygens (including phenoxy) is 2. The molecule has 0 spiro atoms. The zero-order valence-electron chi connectivity index (χ0n) is 14.9. The molecule has 0 fully saturated rings. The summed E-state index contributed by atoms with van der Waals surface area (Å²) >= 11 is 0. The van der Waals surface area contributed by atoms with Crippen LogP contribution in [-0.2, 0) is 0 Å². The summed E-state index contributed by atoms with van der Waals surface area (Å²) in [7, 11) is 1.75. The Morgan fingerprint density at radius 1 is 1.11 bits per heavy atom. The fourth-order valence-corrected chi connectivity index (χ4v) is 2.98. The number of amides is 1. The van der Waals surface area contributed by atoms with Crippen LogP contribution in [0.25, 0.3) is 11.3 Å². The van der Waals surface area contributed by atoms with Gasteiger partial charge in [-0.15, -0.1) is 0 Å². The van der Waals surface area contributed by atoms with Crippen LogP contribution in [-0.4, -0.2) is 47.1 Å². The molecule has 136 valence electrons. The highest BCUT2D eigenvalue weighted by atomic mass is 16.6. The third-order valence-corrected chi connectivity index (χ3v) is 4.38. The Kier molecular flexibility index (Phi) is 4.70. The number of carbonyl (C=O) groups is 1. The van der Waals surface area contributed by atoms with Crippen molar-refractivity contribution in [3.8, 4) is 22.8 Å². The molecule has 6 nitrogen and oxygen atoms in total. The molecule has 1 aliphatic rings. The van der Waals surface area contributed by atoms with E-state index in [0.29, 0.717) is 24.5 Å². The van der Waals surface area contributed by atoms with Crippen molar-refractivity contribution >= 4 is 5.91 Å². The molecule has 3 heterocycles. The first-order chi connectivity index (χ1) is 13.2. The number of hydrogen-bond donors (Lipinski definition) is 0. The summed E-state index contributed by atoms with van der Waals surface area (Å²) in [6.45, 7) is 0.840. The molecular weight excluding hydrogens is 342 g/mol. The van der Waals surface area contributed by atoms with Crippen molar-refractivity contribution in [2.24, 2.45) is 0 Å². The number of rotatable bonds is 4. The molecule has 1 aliphatic heterocycles. The van der Waals surface area contributed by atoms with Gasteiger partial charge in [0.05, 0.1) is 17.8 Å². The van der Waals surface area contributed by atoms with Crippen molar-refractivity contribution in [1.82, 2.24) is 14.9 Å². The summed E-state index contributed by atoms with van der Waals surface area (Å²) in [5.41, 5.74) is 2.30. The van der Waals surface area contributed by atoms with Gasteiger partial charge in [0.25, 0.3) is 5.91 Å². The zero-order valence-corrected chi connectivity index (χ0v) is 14.9. The third-order valence-electron chi connectivity index (χ3n) is 4.38. The van der Waals surface area contributed by atoms with Crippen LogP contribution in [0.15, 0.2) is 67.1 Å². The van der Waals surface area contributed by atoms with Crippen molar-refractivity contribution < 1.29 is 14.3 Å². The van der Waals surface area contributed by atoms with E-state index in [1.165, 1.54) is 0 Å². The number of fused-ring (bicyclic) bond motifs is 1. The second-order valence-electron chi connectivity index (χ2n) is 6.35. The van der Waals surface area contributed by atoms with Gasteiger partial charge in [-0.2, -0.15) is 0 Å². The lowest BCUT2D eigenvalue weighted by Crippen LogP contribution is -2.41. The Hall–Kier alpha value is -3.41. The van der Waals surface area contributed by atoms with E-state index in [1.807, 2.05) is 42.5 Å². The van der Waals surface area contributed by atoms with Gasteiger partial charge in [0, 0.05) is 31.2 Å². The van der Waals surface area contributed by atoms with Crippen LogP contribution in [0.4, 0.5) is 0 Å². The molecule has 3 aromatic rings. The van der Waals surface area contributed by atoms with Gasteiger partial charge in [-0.25, -0.2) is 0 Å². The molecule has 1 atom stereocenters. The van der Waals surface area contributed by atoms with E-state index < -0.39 is 0 Å². The summed E-state index contributed by atoms with van der Waals surface area (Å²) < 4.78 is 11.6. The number of hydrogen-bond acceptors (Lipinski definition) is 5. The lowest BCUT2D eigenvalue weighted by Gasteiger charge is -2.29. The number of nitrogens with zero attached hydrogens (tertiary/aromatic N) is 3. The molecule has 0 N–H and O–H groups in total. The number of aromatic nitrogens is 2. The summed E-state index contributed by atoms with van der Waals surface area (Å²) in [4.78, 5) is 22.7. The molecule has 1 aromatic carbocycles. The normalized spacial score (nSPS) is 15.2. The van der Waals surface area contributed by atoms with Crippen LogP contribution in [0.3, 0.4) is 0 Å². The Balaban J connectivity index is 1.41. The number of likely N-dealkylation sites (N-methyl/N-ethyl adjacent to an activating group) is 1. The first-order valence-corrected chi connectivity index (χ1v) is 8.71. The van der Waals surface area contributed by atoms with Gasteiger partial charge in [-0.1, -0.05) is 12.1 Å². The first kappa shape index (κ1) is 17.0. The molecule has 0 saturated heterocycles. The highest BCUT2D eigenvalue weighted by Gasteiger charge is 2.24. The lowest BCUT2D eigenvalue weighted by atomic mass is 10.1. The summed E-state index contributed by atoms with van der Waals surface area (Å²) in [5.74, 6) is 1.34. The maximum Gasteiger partial charge on any atom is 0.255 e. The maximum absolute atomic E-state index is 12.7. The van der Waals surface area contributed by atoms with Gasteiger partial charge in [0.2, 0.25) is 0 Å². The topological polar surface area (TPSA) is 64.6 Å². The maximum atomic E-state index is 12.7. The number of pyridine rings is 2. The van der Waals surface area contributed by atoms with Gasteiger partial charge in [-0.3, -0.25) is 14.8 Å². The average molecular weight is 361 g/mol. The van der Waals surface area contributed by atoms with Crippen molar-refractivity contribution in [2.45, 2.75) is 6.10 Å². The highest BCUT2D eigenvalue weighted by Crippen LogP contribution is 2.31. The number of carbonyl (C=O) groups excluding carboxylic acids is 1. The number of benzene rings is 1. The molecular formula is C21H19N3O3. The van der Waals surface area contributed by atoms with E-state index in [1.54, 1.807) is 36.6 Å². The minimum absolute atomic E-state index is 0.105. The zero-order chi connectivity index (χ0) is 18.6. The third kappa shape index (κ3) is 3.74. The Bertz CT molecular complexity index is 929. The second-order valence-corrected chi connectivity index (χ2v) is 6.35. The molecule has 4 rings (SSSR count). The summed E-state index contributed by atoms with van der Waals surface area (Å²) in [6, 6.07) is 14.9. The Morgan fingerprint density at radius 2 is 1.89 bits per heavy atom. The predicted octanol–water partition coefficient (Wildman–Crippen LogP) is 3.06. The first-order valence-electron chi connectivity index (χ1n) is 8.71. The van der Waals surface area contributed by atoms with E-state index in [0.717, 1.165) is 17.0 Å². The van der Waals surface area contributed by atoms with E-state index in [-0.39, 0.29) is 12.0 Å². The van der Waals surface area contributed by atoms with Crippen molar-refractivity contribution in [3.63, 3.8) is 0 Å². The van der Waals surface area contributed by atoms with Crippen LogP contribution in [0, 0.1) is 0 Å². The van der Waals surface area contributed by atoms with Crippen LogP contribution in [0.1, 0.15) is 10.4 Å². The fourth-order valence-electron chi connectivity index (χ4n) is 2.98. The van der Waals surface area contributed by atoms with Crippen molar-refractivity contribution in [2.75, 3.05) is 20.2 Å². The molecule has 0 radical (unpaired) electrons. The Morgan fingerprint density at radius 3 is 2.63 bits per heavy atom. The van der Waals surface area contributed by atoms with Crippen LogP contribution >= 0.6 is 0 Å². The molecule has 2 aromatic heterocycles. The SMILES string of the molecule is CN(C[C@@H]1COc2ccccc2O1)C(=O)c1ccc(-c2ccncc2)nc1. The average Bonchev–Trinajstić information content (AvgIpc) is 2.74. The van der Waals surface area contributed by atoms with Gasteiger partial charge >= 0.3 is 0 Å². The minimum Gasteiger partial charge on any atom is -0.486 e. The van der Waals surface area contributed by atoms with Gasteiger partial charge in [0.15, 0.2) is 17.6 Å². The molecule has 0 saturated carbocycles. The molecule has 0 bridgehead atoms.